The first kappa shape index (κ1) is 38.2. The van der Waals surface area contributed by atoms with Crippen molar-refractivity contribution < 1.29 is 18.0 Å². The predicted molar refractivity (Wildman–Crippen MR) is 161 cm³/mol. The fourth-order valence-corrected chi connectivity index (χ4v) is 3.38. The first-order valence-corrected chi connectivity index (χ1v) is 14.7. The molecule has 0 aliphatic heterocycles. The van der Waals surface area contributed by atoms with Gasteiger partial charge >= 0.3 is 6.18 Å². The first-order valence-electron chi connectivity index (χ1n) is 14.7. The molecule has 1 saturated carbocycles. The lowest BCUT2D eigenvalue weighted by Gasteiger charge is -2.18. The van der Waals surface area contributed by atoms with Crippen LogP contribution in [0, 0.1) is 5.92 Å². The number of hydrogen-bond acceptors (Lipinski definition) is 2. The third-order valence-corrected chi connectivity index (χ3v) is 6.49. The molecule has 1 aliphatic carbocycles. The largest absolute Gasteiger partial charge is 0.412 e. The number of rotatable bonds is 13. The second kappa shape index (κ2) is 23.0. The van der Waals surface area contributed by atoms with Gasteiger partial charge in [-0.2, -0.15) is 13.2 Å². The number of allylic oxidation sites excluding steroid dienone is 7. The van der Waals surface area contributed by atoms with E-state index in [0.717, 1.165) is 81.6 Å². The average molecular weight is 540 g/mol. The second-order valence-electron chi connectivity index (χ2n) is 10.3. The van der Waals surface area contributed by atoms with Crippen LogP contribution in [-0.4, -0.2) is 17.7 Å². The van der Waals surface area contributed by atoms with Crippen molar-refractivity contribution in [2.24, 2.45) is 10.9 Å². The Labute approximate surface area is 232 Å². The van der Waals surface area contributed by atoms with Gasteiger partial charge in [-0.25, -0.2) is 0 Å². The summed E-state index contributed by atoms with van der Waals surface area (Å²) < 4.78 is 37.8. The fraction of sp³-hybridized carbons (Fsp3) is 0.697. The molecule has 1 fully saturated rings. The van der Waals surface area contributed by atoms with Gasteiger partial charge in [-0.1, -0.05) is 90.5 Å². The van der Waals surface area contributed by atoms with Crippen molar-refractivity contribution in [3.05, 3.63) is 46.7 Å². The zero-order chi connectivity index (χ0) is 29.6. The van der Waals surface area contributed by atoms with E-state index >= 15 is 0 Å². The number of carbonyl (C=O) groups excluding carboxylic acids is 1. The third-order valence-electron chi connectivity index (χ3n) is 6.49. The minimum absolute atomic E-state index is 0.377. The van der Waals surface area contributed by atoms with E-state index in [9.17, 15) is 18.0 Å². The maximum atomic E-state index is 12.6. The van der Waals surface area contributed by atoms with Crippen molar-refractivity contribution in [1.29, 1.82) is 0 Å². The Morgan fingerprint density at radius 1 is 0.947 bits per heavy atom. The van der Waals surface area contributed by atoms with E-state index in [1.54, 1.807) is 0 Å². The van der Waals surface area contributed by atoms with Crippen LogP contribution >= 0.6 is 0 Å². The summed E-state index contributed by atoms with van der Waals surface area (Å²) in [4.78, 5) is 15.6. The highest BCUT2D eigenvalue weighted by Gasteiger charge is 2.29. The van der Waals surface area contributed by atoms with Gasteiger partial charge in [0.15, 0.2) is 0 Å². The Bertz CT molecular complexity index is 794. The molecule has 0 bridgehead atoms. The van der Waals surface area contributed by atoms with Crippen molar-refractivity contribution >= 4 is 11.5 Å². The van der Waals surface area contributed by atoms with E-state index in [-0.39, 0.29) is 0 Å². The number of ketones is 1. The molecule has 0 heterocycles. The highest BCUT2D eigenvalue weighted by atomic mass is 19.4. The molecule has 0 atom stereocenters. The first-order chi connectivity index (χ1) is 17.9. The van der Waals surface area contributed by atoms with E-state index in [2.05, 4.69) is 32.7 Å². The van der Waals surface area contributed by atoms with Gasteiger partial charge in [0.1, 0.15) is 5.78 Å². The highest BCUT2D eigenvalue weighted by Crippen LogP contribution is 2.26. The van der Waals surface area contributed by atoms with E-state index in [1.165, 1.54) is 30.9 Å². The van der Waals surface area contributed by atoms with Crippen LogP contribution in [0.15, 0.2) is 51.7 Å². The highest BCUT2D eigenvalue weighted by molar-refractivity contribution is 5.83. The number of alkyl halides is 3. The Morgan fingerprint density at radius 2 is 1.55 bits per heavy atom. The topological polar surface area (TPSA) is 29.4 Å². The molecule has 0 aromatic rings. The lowest BCUT2D eigenvalue weighted by molar-refractivity contribution is -0.118. The molecule has 1 aliphatic rings. The molecule has 0 spiro atoms. The molecule has 0 radical (unpaired) electrons. The Balaban J connectivity index is 0. The Morgan fingerprint density at radius 3 is 1.95 bits per heavy atom. The molecule has 0 aromatic carbocycles. The van der Waals surface area contributed by atoms with Crippen molar-refractivity contribution in [2.45, 2.75) is 146 Å². The van der Waals surface area contributed by atoms with Crippen LogP contribution < -0.4 is 0 Å². The van der Waals surface area contributed by atoms with Gasteiger partial charge in [0, 0.05) is 24.1 Å². The van der Waals surface area contributed by atoms with Crippen LogP contribution in [0.4, 0.5) is 13.2 Å². The lowest BCUT2D eigenvalue weighted by Crippen LogP contribution is -2.08. The molecular weight excluding hydrogens is 483 g/mol. The molecule has 0 saturated heterocycles. The molecule has 1 rings (SSSR count). The van der Waals surface area contributed by atoms with Crippen molar-refractivity contribution in [3.63, 3.8) is 0 Å². The van der Waals surface area contributed by atoms with Gasteiger partial charge in [0.2, 0.25) is 0 Å². The maximum Gasteiger partial charge on any atom is 0.412 e. The zero-order valence-corrected chi connectivity index (χ0v) is 25.9. The van der Waals surface area contributed by atoms with Crippen molar-refractivity contribution in [2.75, 3.05) is 0 Å². The summed E-state index contributed by atoms with van der Waals surface area (Å²) in [5.41, 5.74) is 3.14. The zero-order valence-electron chi connectivity index (χ0n) is 25.9. The minimum Gasteiger partial charge on any atom is -0.299 e. The monoisotopic (exact) mass is 539 g/mol. The molecule has 0 unspecified atom stereocenters. The summed E-state index contributed by atoms with van der Waals surface area (Å²) in [5.74, 6) is 1.44. The molecule has 0 amide bonds. The van der Waals surface area contributed by atoms with Crippen LogP contribution in [0.5, 0.6) is 0 Å². The molecule has 38 heavy (non-hydrogen) atoms. The Kier molecular flexibility index (Phi) is 23.2. The molecule has 5 heteroatoms. The minimum atomic E-state index is -4.29. The number of halogens is 3. The van der Waals surface area contributed by atoms with Crippen molar-refractivity contribution in [3.8, 4) is 0 Å². The number of aliphatic imine (C=N–C) groups is 1. The summed E-state index contributed by atoms with van der Waals surface area (Å²) in [7, 11) is 0. The van der Waals surface area contributed by atoms with E-state index < -0.39 is 11.7 Å². The quantitative estimate of drug-likeness (QED) is 0.130. The predicted octanol–water partition coefficient (Wildman–Crippen LogP) is 11.7. The number of nitrogens with zero attached hydrogens (tertiary/aromatic N) is 1. The fourth-order valence-electron chi connectivity index (χ4n) is 3.38. The van der Waals surface area contributed by atoms with Gasteiger partial charge in [0.05, 0.1) is 5.70 Å². The average Bonchev–Trinajstić information content (AvgIpc) is 2.85. The van der Waals surface area contributed by atoms with Gasteiger partial charge in [-0.15, -0.1) is 0 Å². The smallest absolute Gasteiger partial charge is 0.299 e. The lowest BCUT2D eigenvalue weighted by atomic mass is 9.88. The van der Waals surface area contributed by atoms with Crippen LogP contribution in [0.3, 0.4) is 0 Å². The Hall–Kier alpha value is -1.91. The van der Waals surface area contributed by atoms with Crippen LogP contribution in [0.2, 0.25) is 0 Å². The molecule has 220 valence electrons. The summed E-state index contributed by atoms with van der Waals surface area (Å²) in [6.45, 7) is 17.5. The van der Waals surface area contributed by atoms with Gasteiger partial charge in [-0.3, -0.25) is 9.79 Å². The van der Waals surface area contributed by atoms with Gasteiger partial charge in [0.25, 0.3) is 0 Å². The van der Waals surface area contributed by atoms with Crippen LogP contribution in [0.1, 0.15) is 139 Å². The van der Waals surface area contributed by atoms with E-state index in [0.29, 0.717) is 17.9 Å². The SMILES string of the molecule is C/C=C(\CC)CC(=O)CCC.CC1CCC1.CCC/C=C(C)/C(=C\C=C(/C)C(F)(F)F)N=C(C)CCCC. The number of unbranched alkanes of at least 4 members (excludes halogenated alkanes) is 2. The standard InChI is InChI=1S/C18H28F3N.C10H18O.C5H10/c1-6-8-10-14(3)17(22-16(5)11-9-7-2)13-12-15(4)18(19,20)21;1-4-7-10(11)8-9(5-2)6-3;1-5-3-2-4-5/h10,12-13H,6-9,11H2,1-5H3;5H,4,6-8H2,1-3H3;5H,2-4H2,1H3/b14-10+,15-12+,17-13+,22-16?;9-5+;. The summed E-state index contributed by atoms with van der Waals surface area (Å²) >= 11 is 0. The molecule has 0 aromatic heterocycles. The summed E-state index contributed by atoms with van der Waals surface area (Å²) in [6, 6.07) is 0. The van der Waals surface area contributed by atoms with Crippen LogP contribution in [-0.2, 0) is 4.79 Å². The van der Waals surface area contributed by atoms with E-state index in [1.807, 2.05) is 39.8 Å². The van der Waals surface area contributed by atoms with Crippen molar-refractivity contribution in [1.82, 2.24) is 0 Å². The second-order valence-corrected chi connectivity index (χ2v) is 10.3. The van der Waals surface area contributed by atoms with Gasteiger partial charge < -0.3 is 0 Å². The van der Waals surface area contributed by atoms with Gasteiger partial charge in [-0.05, 0) is 77.4 Å². The summed E-state index contributed by atoms with van der Waals surface area (Å²) in [6.07, 6.45) is 15.1. The van der Waals surface area contributed by atoms with E-state index in [4.69, 9.17) is 0 Å². The number of hydrogen-bond donors (Lipinski definition) is 0. The molecular formula is C33H56F3NO. The van der Waals surface area contributed by atoms with Crippen LogP contribution in [0.25, 0.3) is 0 Å². The third kappa shape index (κ3) is 21.1. The number of Topliss-reactive ketones (excluding diaryl/α,β-unsaturated/α-hetero) is 1. The molecule has 0 N–H and O–H groups in total. The summed E-state index contributed by atoms with van der Waals surface area (Å²) in [5, 5.41) is 0. The number of carbonyl (C=O) groups is 1. The molecule has 2 nitrogen and oxygen atoms in total. The normalized spacial score (nSPS) is 15.7. The maximum absolute atomic E-state index is 12.6.